The Kier molecular flexibility index (Phi) is 8.26. The highest BCUT2D eigenvalue weighted by Gasteiger charge is 2.30. The van der Waals surface area contributed by atoms with Gasteiger partial charge in [0, 0.05) is 32.1 Å². The summed E-state index contributed by atoms with van der Waals surface area (Å²) >= 11 is 6.80. The van der Waals surface area contributed by atoms with Gasteiger partial charge in [0.1, 0.15) is 16.7 Å². The van der Waals surface area contributed by atoms with Crippen LogP contribution in [0.4, 0.5) is 21.8 Å². The zero-order valence-corrected chi connectivity index (χ0v) is 18.9. The molecule has 0 saturated carbocycles. The molecule has 1 aromatic carbocycles. The molecule has 9 nitrogen and oxygen atoms in total. The standard InChI is InChI=1S/C20H21ClFN5O4S/c1-3-31-19(29)15-17(28)27-18(32-15)12-10-24-20(26-16(12)23-7-4-8-30-2)25-11-5-6-14(22)13(21)9-11/h5-6,9-10,29H,3-4,7-8H2,1-2H3,(H2,23,24,25,26)/b19-15-. The molecule has 2 heterocycles. The maximum atomic E-state index is 13.4. The van der Waals surface area contributed by atoms with Gasteiger partial charge in [0.15, 0.2) is 4.91 Å². The second-order valence-corrected chi connectivity index (χ2v) is 7.78. The molecule has 2 aromatic rings. The number of nitrogens with one attached hydrogen (secondary N) is 2. The summed E-state index contributed by atoms with van der Waals surface area (Å²) in [4.78, 5) is 24.9. The van der Waals surface area contributed by atoms with E-state index in [1.165, 1.54) is 24.4 Å². The topological polar surface area (TPSA) is 118 Å². The van der Waals surface area contributed by atoms with E-state index in [9.17, 15) is 14.3 Å². The minimum atomic E-state index is -0.607. The van der Waals surface area contributed by atoms with E-state index >= 15 is 0 Å². The smallest absolute Gasteiger partial charge is 0.297 e. The lowest BCUT2D eigenvalue weighted by atomic mass is 10.3. The number of nitrogens with zero attached hydrogens (tertiary/aromatic N) is 3. The minimum absolute atomic E-state index is 0.00432. The lowest BCUT2D eigenvalue weighted by Gasteiger charge is -2.13. The third kappa shape index (κ3) is 5.87. The van der Waals surface area contributed by atoms with Gasteiger partial charge >= 0.3 is 0 Å². The van der Waals surface area contributed by atoms with E-state index in [4.69, 9.17) is 21.1 Å². The van der Waals surface area contributed by atoms with Gasteiger partial charge in [-0.3, -0.25) is 4.79 Å². The number of aliphatic hydroxyl groups is 1. The molecule has 0 unspecified atom stereocenters. The van der Waals surface area contributed by atoms with Crippen molar-refractivity contribution >= 4 is 51.8 Å². The van der Waals surface area contributed by atoms with Crippen molar-refractivity contribution in [2.45, 2.75) is 13.3 Å². The number of amides is 1. The maximum Gasteiger partial charge on any atom is 0.297 e. The fraction of sp³-hybridized carbons (Fsp3) is 0.300. The van der Waals surface area contributed by atoms with Gasteiger partial charge in [-0.2, -0.15) is 4.98 Å². The number of ether oxygens (including phenoxy) is 2. The molecule has 0 fully saturated rings. The van der Waals surface area contributed by atoms with Crippen molar-refractivity contribution in [3.8, 4) is 0 Å². The van der Waals surface area contributed by atoms with E-state index in [0.29, 0.717) is 41.7 Å². The average Bonchev–Trinajstić information content (AvgIpc) is 3.16. The molecule has 3 rings (SSSR count). The van der Waals surface area contributed by atoms with E-state index in [1.54, 1.807) is 14.0 Å². The maximum absolute atomic E-state index is 13.4. The van der Waals surface area contributed by atoms with Crippen LogP contribution in [0.3, 0.4) is 0 Å². The van der Waals surface area contributed by atoms with Crippen LogP contribution in [-0.2, 0) is 14.3 Å². The van der Waals surface area contributed by atoms with Gasteiger partial charge in [-0.15, -0.1) is 0 Å². The van der Waals surface area contributed by atoms with Gasteiger partial charge in [0.2, 0.25) is 5.95 Å². The zero-order chi connectivity index (χ0) is 23.1. The monoisotopic (exact) mass is 481 g/mol. The van der Waals surface area contributed by atoms with Gasteiger partial charge in [0.25, 0.3) is 11.9 Å². The molecule has 0 saturated heterocycles. The molecule has 1 aliphatic heterocycles. The second-order valence-electron chi connectivity index (χ2n) is 6.37. The molecular formula is C20H21ClFN5O4S. The Hall–Kier alpha value is -2.89. The number of rotatable bonds is 10. The van der Waals surface area contributed by atoms with Crippen molar-refractivity contribution < 1.29 is 23.8 Å². The fourth-order valence-electron chi connectivity index (χ4n) is 2.62. The summed E-state index contributed by atoms with van der Waals surface area (Å²) in [6.07, 6.45) is 2.21. The molecule has 32 heavy (non-hydrogen) atoms. The Morgan fingerprint density at radius 3 is 2.91 bits per heavy atom. The summed E-state index contributed by atoms with van der Waals surface area (Å²) in [7, 11) is 1.61. The number of aliphatic hydroxyl groups excluding tert-OH is 1. The molecule has 12 heteroatoms. The van der Waals surface area contributed by atoms with E-state index in [-0.39, 0.29) is 22.5 Å². The molecule has 170 valence electrons. The van der Waals surface area contributed by atoms with Crippen molar-refractivity contribution in [1.82, 2.24) is 9.97 Å². The Morgan fingerprint density at radius 2 is 2.19 bits per heavy atom. The zero-order valence-electron chi connectivity index (χ0n) is 17.3. The van der Waals surface area contributed by atoms with Gasteiger partial charge in [-0.05, 0) is 31.5 Å². The van der Waals surface area contributed by atoms with Gasteiger partial charge in [-0.25, -0.2) is 14.4 Å². The first-order valence-electron chi connectivity index (χ1n) is 9.62. The van der Waals surface area contributed by atoms with E-state index < -0.39 is 17.7 Å². The lowest BCUT2D eigenvalue weighted by Crippen LogP contribution is -2.12. The SMILES string of the molecule is CCO/C(O)=C1\SC(c2cnc(Nc3ccc(F)c(Cl)c3)nc2NCCCOC)=NC1=O. The Labute approximate surface area is 193 Å². The molecule has 1 aromatic heterocycles. The second kappa shape index (κ2) is 11.1. The molecule has 0 atom stereocenters. The molecule has 0 radical (unpaired) electrons. The highest BCUT2D eigenvalue weighted by molar-refractivity contribution is 8.19. The van der Waals surface area contributed by atoms with E-state index in [1.807, 2.05) is 0 Å². The molecule has 0 aliphatic carbocycles. The first-order chi connectivity index (χ1) is 15.4. The number of hydrogen-bond acceptors (Lipinski definition) is 9. The van der Waals surface area contributed by atoms with Crippen LogP contribution in [0.15, 0.2) is 40.2 Å². The van der Waals surface area contributed by atoms with Crippen LogP contribution < -0.4 is 10.6 Å². The summed E-state index contributed by atoms with van der Waals surface area (Å²) in [5, 5.41) is 16.4. The normalized spacial score (nSPS) is 14.9. The molecular weight excluding hydrogens is 461 g/mol. The molecule has 1 aliphatic rings. The number of anilines is 3. The van der Waals surface area contributed by atoms with Crippen molar-refractivity contribution in [2.24, 2.45) is 4.99 Å². The van der Waals surface area contributed by atoms with Crippen LogP contribution >= 0.6 is 23.4 Å². The highest BCUT2D eigenvalue weighted by Crippen LogP contribution is 2.34. The summed E-state index contributed by atoms with van der Waals surface area (Å²) in [5.74, 6) is -0.960. The van der Waals surface area contributed by atoms with Crippen LogP contribution in [-0.4, -0.2) is 52.9 Å². The van der Waals surface area contributed by atoms with Crippen molar-refractivity contribution in [1.29, 1.82) is 0 Å². The summed E-state index contributed by atoms with van der Waals surface area (Å²) < 4.78 is 23.5. The molecule has 0 spiro atoms. The number of carbonyl (C=O) groups excluding carboxylic acids is 1. The predicted octanol–water partition coefficient (Wildman–Crippen LogP) is 4.24. The quantitative estimate of drug-likeness (QED) is 0.260. The van der Waals surface area contributed by atoms with E-state index in [2.05, 4.69) is 25.6 Å². The number of thioether (sulfide) groups is 1. The molecule has 1 amide bonds. The third-order valence-corrected chi connectivity index (χ3v) is 5.43. The third-order valence-electron chi connectivity index (χ3n) is 4.08. The number of aromatic nitrogens is 2. The average molecular weight is 482 g/mol. The number of halogens is 2. The largest absolute Gasteiger partial charge is 0.480 e. The van der Waals surface area contributed by atoms with Crippen LogP contribution in [0.1, 0.15) is 18.9 Å². The van der Waals surface area contributed by atoms with Gasteiger partial charge < -0.3 is 25.2 Å². The Morgan fingerprint density at radius 1 is 1.38 bits per heavy atom. The predicted molar refractivity (Wildman–Crippen MR) is 122 cm³/mol. The summed E-state index contributed by atoms with van der Waals surface area (Å²) in [6, 6.07) is 4.16. The number of carbonyl (C=O) groups is 1. The number of aliphatic imine (C=N–C) groups is 1. The highest BCUT2D eigenvalue weighted by atomic mass is 35.5. The van der Waals surface area contributed by atoms with Crippen molar-refractivity contribution in [2.75, 3.05) is 37.5 Å². The minimum Gasteiger partial charge on any atom is -0.480 e. The first-order valence-corrected chi connectivity index (χ1v) is 10.8. The molecule has 0 bridgehead atoms. The van der Waals surface area contributed by atoms with Gasteiger partial charge in [0.05, 0.1) is 17.2 Å². The van der Waals surface area contributed by atoms with Crippen LogP contribution in [0.25, 0.3) is 0 Å². The lowest BCUT2D eigenvalue weighted by molar-refractivity contribution is -0.114. The Balaban J connectivity index is 1.88. The number of benzene rings is 1. The number of hydrogen-bond donors (Lipinski definition) is 3. The van der Waals surface area contributed by atoms with Crippen LogP contribution in [0.5, 0.6) is 0 Å². The Bertz CT molecular complexity index is 1070. The van der Waals surface area contributed by atoms with Crippen LogP contribution in [0.2, 0.25) is 5.02 Å². The van der Waals surface area contributed by atoms with Gasteiger partial charge in [-0.1, -0.05) is 23.4 Å². The molecule has 3 N–H and O–H groups in total. The van der Waals surface area contributed by atoms with Crippen LogP contribution in [0, 0.1) is 5.82 Å². The number of methoxy groups -OCH3 is 1. The summed E-state index contributed by atoms with van der Waals surface area (Å²) in [5.41, 5.74) is 0.979. The fourth-order valence-corrected chi connectivity index (χ4v) is 3.66. The van der Waals surface area contributed by atoms with Crippen molar-refractivity contribution in [3.63, 3.8) is 0 Å². The summed E-state index contributed by atoms with van der Waals surface area (Å²) in [6.45, 7) is 2.99. The first kappa shape index (κ1) is 23.8. The van der Waals surface area contributed by atoms with E-state index in [0.717, 1.165) is 11.8 Å². The van der Waals surface area contributed by atoms with Crippen molar-refractivity contribution in [3.05, 3.63) is 51.6 Å².